The molecule has 0 aliphatic rings. The van der Waals surface area contributed by atoms with Crippen LogP contribution in [0.5, 0.6) is 0 Å². The van der Waals surface area contributed by atoms with Gasteiger partial charge in [-0.2, -0.15) is 0 Å². The fraction of sp³-hybridized carbons (Fsp3) is 0. The SMILES string of the molecule is Clc1ccc2ccnc(Br)c2c1. The first-order valence-corrected chi connectivity index (χ1v) is 4.64. The van der Waals surface area contributed by atoms with Crippen LogP contribution in [-0.2, 0) is 0 Å². The molecular weight excluding hydrogens is 237 g/mol. The Bertz CT molecular complexity index is 428. The number of hydrogen-bond acceptors (Lipinski definition) is 1. The van der Waals surface area contributed by atoms with Gasteiger partial charge in [0.25, 0.3) is 0 Å². The van der Waals surface area contributed by atoms with Gasteiger partial charge in [-0.3, -0.25) is 0 Å². The Labute approximate surface area is 83.5 Å². The largest absolute Gasteiger partial charge is 0.249 e. The van der Waals surface area contributed by atoms with E-state index in [1.54, 1.807) is 6.20 Å². The van der Waals surface area contributed by atoms with Gasteiger partial charge in [0.15, 0.2) is 0 Å². The topological polar surface area (TPSA) is 12.9 Å². The molecule has 0 aliphatic heterocycles. The van der Waals surface area contributed by atoms with Gasteiger partial charge in [0.05, 0.1) is 0 Å². The zero-order valence-corrected chi connectivity index (χ0v) is 8.43. The number of nitrogens with zero attached hydrogens (tertiary/aromatic N) is 1. The van der Waals surface area contributed by atoms with E-state index in [4.69, 9.17) is 11.6 Å². The van der Waals surface area contributed by atoms with Crippen LogP contribution in [0.15, 0.2) is 35.1 Å². The zero-order valence-electron chi connectivity index (χ0n) is 6.09. The van der Waals surface area contributed by atoms with Gasteiger partial charge < -0.3 is 0 Å². The van der Waals surface area contributed by atoms with Crippen molar-refractivity contribution in [1.29, 1.82) is 0 Å². The van der Waals surface area contributed by atoms with E-state index in [-0.39, 0.29) is 0 Å². The lowest BCUT2D eigenvalue weighted by Gasteiger charge is -1.98. The molecule has 0 aliphatic carbocycles. The molecule has 60 valence electrons. The van der Waals surface area contributed by atoms with Gasteiger partial charge in [0.2, 0.25) is 0 Å². The third-order valence-corrected chi connectivity index (χ3v) is 2.55. The third kappa shape index (κ3) is 1.32. The Kier molecular flexibility index (Phi) is 2.03. The number of aromatic nitrogens is 1. The van der Waals surface area contributed by atoms with Gasteiger partial charge in [-0.25, -0.2) is 4.98 Å². The summed E-state index contributed by atoms with van der Waals surface area (Å²) < 4.78 is 0.836. The first-order chi connectivity index (χ1) is 5.77. The molecule has 0 atom stereocenters. The van der Waals surface area contributed by atoms with E-state index >= 15 is 0 Å². The summed E-state index contributed by atoms with van der Waals surface area (Å²) in [4.78, 5) is 4.11. The van der Waals surface area contributed by atoms with Crippen molar-refractivity contribution in [2.24, 2.45) is 0 Å². The van der Waals surface area contributed by atoms with Crippen molar-refractivity contribution < 1.29 is 0 Å². The summed E-state index contributed by atoms with van der Waals surface area (Å²) in [6, 6.07) is 7.70. The predicted molar refractivity (Wildman–Crippen MR) is 54.5 cm³/mol. The van der Waals surface area contributed by atoms with E-state index in [9.17, 15) is 0 Å². The van der Waals surface area contributed by atoms with Gasteiger partial charge in [-0.1, -0.05) is 17.7 Å². The lowest BCUT2D eigenvalue weighted by molar-refractivity contribution is 1.31. The highest BCUT2D eigenvalue weighted by atomic mass is 79.9. The summed E-state index contributed by atoms with van der Waals surface area (Å²) >= 11 is 9.20. The smallest absolute Gasteiger partial charge is 0.113 e. The maximum Gasteiger partial charge on any atom is 0.113 e. The summed E-state index contributed by atoms with van der Waals surface area (Å²) in [5.74, 6) is 0. The van der Waals surface area contributed by atoms with Crippen LogP contribution < -0.4 is 0 Å². The number of hydrogen-bond donors (Lipinski definition) is 0. The van der Waals surface area contributed by atoms with Crippen LogP contribution in [0, 0.1) is 0 Å². The minimum Gasteiger partial charge on any atom is -0.249 e. The molecule has 2 rings (SSSR count). The van der Waals surface area contributed by atoms with Crippen molar-refractivity contribution >= 4 is 38.3 Å². The molecule has 0 amide bonds. The molecule has 0 bridgehead atoms. The molecule has 1 nitrogen and oxygen atoms in total. The molecule has 0 spiro atoms. The molecule has 0 fully saturated rings. The normalized spacial score (nSPS) is 10.5. The molecule has 1 heterocycles. The van der Waals surface area contributed by atoms with Crippen LogP contribution in [0.2, 0.25) is 5.02 Å². The molecule has 0 radical (unpaired) electrons. The van der Waals surface area contributed by atoms with Crippen LogP contribution in [0.4, 0.5) is 0 Å². The van der Waals surface area contributed by atoms with Gasteiger partial charge in [0, 0.05) is 16.6 Å². The molecule has 0 saturated heterocycles. The van der Waals surface area contributed by atoms with E-state index < -0.39 is 0 Å². The molecule has 1 aromatic heterocycles. The van der Waals surface area contributed by atoms with Crippen LogP contribution in [0.3, 0.4) is 0 Å². The second-order valence-electron chi connectivity index (χ2n) is 2.47. The Morgan fingerprint density at radius 3 is 2.92 bits per heavy atom. The summed E-state index contributed by atoms with van der Waals surface area (Å²) in [6.45, 7) is 0. The van der Waals surface area contributed by atoms with Gasteiger partial charge >= 0.3 is 0 Å². The number of pyridine rings is 1. The van der Waals surface area contributed by atoms with Gasteiger partial charge in [-0.15, -0.1) is 0 Å². The standard InChI is InChI=1S/C9H5BrClN/c10-9-8-5-7(11)2-1-6(8)3-4-12-9/h1-5H. The van der Waals surface area contributed by atoms with Crippen molar-refractivity contribution in [3.05, 3.63) is 40.1 Å². The Morgan fingerprint density at radius 1 is 1.25 bits per heavy atom. The van der Waals surface area contributed by atoms with E-state index in [0.717, 1.165) is 20.4 Å². The summed E-state index contributed by atoms with van der Waals surface area (Å²) in [6.07, 6.45) is 1.76. The molecule has 12 heavy (non-hydrogen) atoms. The molecule has 2 aromatic rings. The minimum absolute atomic E-state index is 0.733. The average molecular weight is 243 g/mol. The van der Waals surface area contributed by atoms with Crippen molar-refractivity contribution in [2.45, 2.75) is 0 Å². The molecule has 1 aromatic carbocycles. The van der Waals surface area contributed by atoms with Crippen LogP contribution in [-0.4, -0.2) is 4.98 Å². The number of rotatable bonds is 0. The fourth-order valence-electron chi connectivity index (χ4n) is 1.11. The highest BCUT2D eigenvalue weighted by Crippen LogP contribution is 2.24. The van der Waals surface area contributed by atoms with Crippen LogP contribution >= 0.6 is 27.5 Å². The number of halogens is 2. The highest BCUT2D eigenvalue weighted by molar-refractivity contribution is 9.10. The first-order valence-electron chi connectivity index (χ1n) is 3.47. The third-order valence-electron chi connectivity index (χ3n) is 1.68. The second-order valence-corrected chi connectivity index (χ2v) is 3.65. The molecular formula is C9H5BrClN. The molecule has 3 heteroatoms. The van der Waals surface area contributed by atoms with Crippen LogP contribution in [0.25, 0.3) is 10.8 Å². The fourth-order valence-corrected chi connectivity index (χ4v) is 1.74. The molecule has 0 unspecified atom stereocenters. The van der Waals surface area contributed by atoms with Gasteiger partial charge in [-0.05, 0) is 39.5 Å². The number of fused-ring (bicyclic) bond motifs is 1. The number of benzene rings is 1. The van der Waals surface area contributed by atoms with Crippen molar-refractivity contribution in [3.8, 4) is 0 Å². The summed E-state index contributed by atoms with van der Waals surface area (Å²) in [7, 11) is 0. The molecule has 0 saturated carbocycles. The van der Waals surface area contributed by atoms with E-state index in [0.29, 0.717) is 0 Å². The Hall–Kier alpha value is -0.600. The van der Waals surface area contributed by atoms with E-state index in [2.05, 4.69) is 20.9 Å². The van der Waals surface area contributed by atoms with Crippen LogP contribution in [0.1, 0.15) is 0 Å². The zero-order chi connectivity index (χ0) is 8.55. The summed E-state index contributed by atoms with van der Waals surface area (Å²) in [5, 5.41) is 2.92. The maximum absolute atomic E-state index is 5.84. The van der Waals surface area contributed by atoms with Crippen molar-refractivity contribution in [3.63, 3.8) is 0 Å². The highest BCUT2D eigenvalue weighted by Gasteiger charge is 1.98. The predicted octanol–water partition coefficient (Wildman–Crippen LogP) is 3.65. The van der Waals surface area contributed by atoms with Crippen molar-refractivity contribution in [2.75, 3.05) is 0 Å². The lowest BCUT2D eigenvalue weighted by atomic mass is 10.2. The quantitative estimate of drug-likeness (QED) is 0.643. The monoisotopic (exact) mass is 241 g/mol. The van der Waals surface area contributed by atoms with Gasteiger partial charge in [0.1, 0.15) is 4.60 Å². The minimum atomic E-state index is 0.733. The van der Waals surface area contributed by atoms with Crippen molar-refractivity contribution in [1.82, 2.24) is 4.98 Å². The first kappa shape index (κ1) is 8.02. The summed E-state index contributed by atoms with van der Waals surface area (Å²) in [5.41, 5.74) is 0. The average Bonchev–Trinajstić information content (AvgIpc) is 2.07. The Morgan fingerprint density at radius 2 is 2.08 bits per heavy atom. The Balaban J connectivity index is 2.88. The second kappa shape index (κ2) is 3.04. The molecule has 0 N–H and O–H groups in total. The lowest BCUT2D eigenvalue weighted by Crippen LogP contribution is -1.78. The van der Waals surface area contributed by atoms with E-state index in [1.807, 2.05) is 24.3 Å². The maximum atomic E-state index is 5.84. The van der Waals surface area contributed by atoms with E-state index in [1.165, 1.54) is 0 Å².